The lowest BCUT2D eigenvalue weighted by molar-refractivity contribution is -0.174. The van der Waals surface area contributed by atoms with Crippen molar-refractivity contribution in [3.05, 3.63) is 0 Å². The third kappa shape index (κ3) is 2.16. The van der Waals surface area contributed by atoms with Crippen LogP contribution in [0.1, 0.15) is 26.7 Å². The first-order valence-electron chi connectivity index (χ1n) is 6.17. The number of cyclic esters (lactones) is 1. The predicted molar refractivity (Wildman–Crippen MR) is 57.8 cm³/mol. The number of fused-ring (bicyclic) bond motifs is 1. The fourth-order valence-corrected chi connectivity index (χ4v) is 2.79. The maximum Gasteiger partial charge on any atom is 0.311 e. The SMILES string of the molecule is CCOC(=O)[C@H]1CC[C@H]2C(=O)O[C@H](OCC)[C@@H]12. The molecular weight excluding hydrogens is 224 g/mol. The van der Waals surface area contributed by atoms with Gasteiger partial charge in [0, 0.05) is 12.5 Å². The molecule has 1 saturated heterocycles. The van der Waals surface area contributed by atoms with Crippen molar-refractivity contribution in [1.82, 2.24) is 0 Å². The third-order valence-electron chi connectivity index (χ3n) is 3.49. The van der Waals surface area contributed by atoms with Crippen LogP contribution in [-0.2, 0) is 23.8 Å². The number of carbonyl (C=O) groups is 2. The van der Waals surface area contributed by atoms with Gasteiger partial charge >= 0.3 is 11.9 Å². The van der Waals surface area contributed by atoms with Gasteiger partial charge in [0.1, 0.15) is 0 Å². The molecule has 0 unspecified atom stereocenters. The Kier molecular flexibility index (Phi) is 3.66. The van der Waals surface area contributed by atoms with E-state index in [1.165, 1.54) is 0 Å². The summed E-state index contributed by atoms with van der Waals surface area (Å²) in [4.78, 5) is 23.4. The van der Waals surface area contributed by atoms with E-state index in [9.17, 15) is 9.59 Å². The van der Waals surface area contributed by atoms with Crippen LogP contribution in [0.25, 0.3) is 0 Å². The maximum atomic E-state index is 11.8. The van der Waals surface area contributed by atoms with Gasteiger partial charge in [-0.05, 0) is 26.7 Å². The smallest absolute Gasteiger partial charge is 0.311 e. The van der Waals surface area contributed by atoms with Gasteiger partial charge in [-0.1, -0.05) is 0 Å². The Morgan fingerprint density at radius 3 is 2.76 bits per heavy atom. The number of hydrogen-bond acceptors (Lipinski definition) is 5. The van der Waals surface area contributed by atoms with Crippen molar-refractivity contribution in [3.8, 4) is 0 Å². The first-order valence-corrected chi connectivity index (χ1v) is 6.17. The fourth-order valence-electron chi connectivity index (χ4n) is 2.79. The normalized spacial score (nSPS) is 35.5. The largest absolute Gasteiger partial charge is 0.466 e. The van der Waals surface area contributed by atoms with Gasteiger partial charge in [-0.25, -0.2) is 0 Å². The molecule has 0 aromatic carbocycles. The molecule has 2 rings (SSSR count). The van der Waals surface area contributed by atoms with Gasteiger partial charge in [0.25, 0.3) is 0 Å². The van der Waals surface area contributed by atoms with Crippen LogP contribution in [0.4, 0.5) is 0 Å². The molecule has 1 aliphatic heterocycles. The highest BCUT2D eigenvalue weighted by molar-refractivity contribution is 5.80. The van der Waals surface area contributed by atoms with Crippen LogP contribution in [0.3, 0.4) is 0 Å². The van der Waals surface area contributed by atoms with Crippen molar-refractivity contribution in [2.45, 2.75) is 33.0 Å². The van der Waals surface area contributed by atoms with E-state index in [2.05, 4.69) is 0 Å². The molecule has 0 aromatic rings. The highest BCUT2D eigenvalue weighted by Gasteiger charge is 2.55. The Bertz CT molecular complexity index is 314. The number of ether oxygens (including phenoxy) is 3. The molecular formula is C12H18O5. The lowest BCUT2D eigenvalue weighted by Gasteiger charge is -2.21. The molecule has 2 aliphatic rings. The van der Waals surface area contributed by atoms with Crippen molar-refractivity contribution in [2.24, 2.45) is 17.8 Å². The van der Waals surface area contributed by atoms with Crippen LogP contribution in [-0.4, -0.2) is 31.4 Å². The molecule has 1 saturated carbocycles. The zero-order valence-electron chi connectivity index (χ0n) is 10.2. The van der Waals surface area contributed by atoms with Crippen LogP contribution < -0.4 is 0 Å². The maximum absolute atomic E-state index is 11.8. The summed E-state index contributed by atoms with van der Waals surface area (Å²) in [6, 6.07) is 0. The van der Waals surface area contributed by atoms with E-state index in [-0.39, 0.29) is 29.7 Å². The van der Waals surface area contributed by atoms with E-state index in [0.717, 1.165) is 0 Å². The van der Waals surface area contributed by atoms with E-state index in [0.29, 0.717) is 26.1 Å². The van der Waals surface area contributed by atoms with Gasteiger partial charge < -0.3 is 14.2 Å². The summed E-state index contributed by atoms with van der Waals surface area (Å²) in [5.74, 6) is -1.09. The number of esters is 2. The Hall–Kier alpha value is -1.10. The monoisotopic (exact) mass is 242 g/mol. The lowest BCUT2D eigenvalue weighted by Crippen LogP contribution is -2.31. The molecule has 0 aromatic heterocycles. The van der Waals surface area contributed by atoms with Crippen LogP contribution >= 0.6 is 0 Å². The van der Waals surface area contributed by atoms with Gasteiger partial charge in [0.2, 0.25) is 6.29 Å². The minimum atomic E-state index is -0.575. The molecule has 96 valence electrons. The van der Waals surface area contributed by atoms with Gasteiger partial charge in [0.05, 0.1) is 18.4 Å². The average Bonchev–Trinajstić information content (AvgIpc) is 2.83. The summed E-state index contributed by atoms with van der Waals surface area (Å²) in [6.07, 6.45) is 0.804. The van der Waals surface area contributed by atoms with E-state index >= 15 is 0 Å². The van der Waals surface area contributed by atoms with E-state index in [4.69, 9.17) is 14.2 Å². The first-order chi connectivity index (χ1) is 8.19. The Balaban J connectivity index is 2.10. The van der Waals surface area contributed by atoms with Gasteiger partial charge in [-0.3, -0.25) is 9.59 Å². The lowest BCUT2D eigenvalue weighted by atomic mass is 9.91. The standard InChI is InChI=1S/C12H18O5/c1-3-15-10(13)7-5-6-8-9(7)12(16-4-2)17-11(8)14/h7-9,12H,3-6H2,1-2H3/t7-,8+,9-,12-/m0/s1. The summed E-state index contributed by atoms with van der Waals surface area (Å²) in [7, 11) is 0. The molecule has 4 atom stereocenters. The minimum Gasteiger partial charge on any atom is -0.466 e. The van der Waals surface area contributed by atoms with Gasteiger partial charge in [-0.2, -0.15) is 0 Å². The molecule has 5 heteroatoms. The van der Waals surface area contributed by atoms with Crippen molar-refractivity contribution < 1.29 is 23.8 Å². The molecule has 0 amide bonds. The van der Waals surface area contributed by atoms with Crippen molar-refractivity contribution in [1.29, 1.82) is 0 Å². The Morgan fingerprint density at radius 2 is 2.12 bits per heavy atom. The molecule has 1 heterocycles. The highest BCUT2D eigenvalue weighted by atomic mass is 16.7. The Morgan fingerprint density at radius 1 is 1.35 bits per heavy atom. The molecule has 17 heavy (non-hydrogen) atoms. The first kappa shape index (κ1) is 12.4. The second-order valence-corrected chi connectivity index (χ2v) is 4.38. The molecule has 0 bridgehead atoms. The molecule has 1 aliphatic carbocycles. The quantitative estimate of drug-likeness (QED) is 0.691. The topological polar surface area (TPSA) is 61.8 Å². The average molecular weight is 242 g/mol. The molecule has 5 nitrogen and oxygen atoms in total. The van der Waals surface area contributed by atoms with Gasteiger partial charge in [0.15, 0.2) is 0 Å². The fraction of sp³-hybridized carbons (Fsp3) is 0.833. The van der Waals surface area contributed by atoms with Crippen LogP contribution in [0.2, 0.25) is 0 Å². The summed E-state index contributed by atoms with van der Waals surface area (Å²) < 4.78 is 15.6. The molecule has 0 radical (unpaired) electrons. The second-order valence-electron chi connectivity index (χ2n) is 4.38. The van der Waals surface area contributed by atoms with Crippen LogP contribution in [0.5, 0.6) is 0 Å². The summed E-state index contributed by atoms with van der Waals surface area (Å²) in [5.41, 5.74) is 0. The summed E-state index contributed by atoms with van der Waals surface area (Å²) in [6.45, 7) is 4.45. The van der Waals surface area contributed by atoms with E-state index < -0.39 is 6.29 Å². The van der Waals surface area contributed by atoms with Crippen LogP contribution in [0.15, 0.2) is 0 Å². The number of hydrogen-bond donors (Lipinski definition) is 0. The van der Waals surface area contributed by atoms with E-state index in [1.54, 1.807) is 6.92 Å². The molecule has 2 fully saturated rings. The summed E-state index contributed by atoms with van der Waals surface area (Å²) in [5, 5.41) is 0. The predicted octanol–water partition coefficient (Wildman–Crippen LogP) is 1.11. The molecule has 0 N–H and O–H groups in total. The van der Waals surface area contributed by atoms with Crippen LogP contribution in [0, 0.1) is 17.8 Å². The highest BCUT2D eigenvalue weighted by Crippen LogP contribution is 2.46. The molecule has 0 spiro atoms. The minimum absolute atomic E-state index is 0.165. The second kappa shape index (κ2) is 5.04. The Labute approximate surface area is 100 Å². The van der Waals surface area contributed by atoms with E-state index in [1.807, 2.05) is 6.92 Å². The zero-order chi connectivity index (χ0) is 12.4. The van der Waals surface area contributed by atoms with Crippen molar-refractivity contribution in [2.75, 3.05) is 13.2 Å². The van der Waals surface area contributed by atoms with Crippen molar-refractivity contribution in [3.63, 3.8) is 0 Å². The van der Waals surface area contributed by atoms with Crippen molar-refractivity contribution >= 4 is 11.9 Å². The number of rotatable bonds is 4. The third-order valence-corrected chi connectivity index (χ3v) is 3.49. The zero-order valence-corrected chi connectivity index (χ0v) is 10.2. The summed E-state index contributed by atoms with van der Waals surface area (Å²) >= 11 is 0. The van der Waals surface area contributed by atoms with Gasteiger partial charge in [-0.15, -0.1) is 0 Å². The number of carbonyl (C=O) groups excluding carboxylic acids is 2.